The van der Waals surface area contributed by atoms with Crippen LogP contribution in [-0.4, -0.2) is 53.0 Å². The van der Waals surface area contributed by atoms with E-state index in [9.17, 15) is 27.1 Å². The van der Waals surface area contributed by atoms with Crippen LogP contribution in [0.4, 0.5) is 25.8 Å². The fourth-order valence-electron chi connectivity index (χ4n) is 4.08. The SMILES string of the molecule is CNC(=O)c1c(-c2ccc(Nc3cc(F)cc(F)c3)cc2)oc2cc(N(CCO)S(C)(=O)=O)c(OC)cc12. The minimum atomic E-state index is -3.78. The zero-order valence-electron chi connectivity index (χ0n) is 20.7. The Kier molecular flexibility index (Phi) is 7.56. The zero-order chi connectivity index (χ0) is 27.6. The first-order valence-corrected chi connectivity index (χ1v) is 13.2. The second-order valence-corrected chi connectivity index (χ2v) is 10.2. The first kappa shape index (κ1) is 26.9. The molecule has 0 aliphatic carbocycles. The van der Waals surface area contributed by atoms with Crippen LogP contribution in [0.5, 0.6) is 5.75 Å². The van der Waals surface area contributed by atoms with Crippen molar-refractivity contribution < 1.29 is 36.3 Å². The lowest BCUT2D eigenvalue weighted by atomic mass is 10.0. The number of carbonyl (C=O) groups excluding carboxylic acids is 1. The number of rotatable bonds is 9. The second kappa shape index (κ2) is 10.7. The van der Waals surface area contributed by atoms with Gasteiger partial charge in [0.25, 0.3) is 5.91 Å². The summed E-state index contributed by atoms with van der Waals surface area (Å²) in [4.78, 5) is 12.9. The maximum Gasteiger partial charge on any atom is 0.255 e. The number of carbonyl (C=O) groups is 1. The maximum atomic E-state index is 13.5. The minimum Gasteiger partial charge on any atom is -0.495 e. The predicted molar refractivity (Wildman–Crippen MR) is 141 cm³/mol. The molecule has 0 unspecified atom stereocenters. The number of hydrogen-bond donors (Lipinski definition) is 3. The number of halogens is 2. The molecule has 1 amide bonds. The minimum absolute atomic E-state index is 0.141. The lowest BCUT2D eigenvalue weighted by Gasteiger charge is -2.23. The Morgan fingerprint density at radius 2 is 1.71 bits per heavy atom. The molecule has 3 N–H and O–H groups in total. The van der Waals surface area contributed by atoms with Gasteiger partial charge in [0.15, 0.2) is 0 Å². The molecule has 4 rings (SSSR count). The third-order valence-corrected chi connectivity index (χ3v) is 6.89. The first-order valence-electron chi connectivity index (χ1n) is 11.3. The Morgan fingerprint density at radius 3 is 2.26 bits per heavy atom. The van der Waals surface area contributed by atoms with Gasteiger partial charge in [-0.2, -0.15) is 0 Å². The summed E-state index contributed by atoms with van der Waals surface area (Å²) in [6.07, 6.45) is 1.00. The smallest absolute Gasteiger partial charge is 0.255 e. The fourth-order valence-corrected chi connectivity index (χ4v) is 4.99. The van der Waals surface area contributed by atoms with Crippen molar-refractivity contribution in [2.75, 3.05) is 43.2 Å². The summed E-state index contributed by atoms with van der Waals surface area (Å²) in [6.45, 7) is -0.635. The van der Waals surface area contributed by atoms with Crippen molar-refractivity contribution in [3.63, 3.8) is 0 Å². The molecule has 0 saturated carbocycles. The van der Waals surface area contributed by atoms with E-state index in [1.54, 1.807) is 24.3 Å². The van der Waals surface area contributed by atoms with Gasteiger partial charge in [0, 0.05) is 41.5 Å². The highest BCUT2D eigenvalue weighted by Crippen LogP contribution is 2.41. The number of nitrogens with zero attached hydrogens (tertiary/aromatic N) is 1. The molecule has 0 atom stereocenters. The molecular formula is C26H25F2N3O6S. The Balaban J connectivity index is 1.81. The lowest BCUT2D eigenvalue weighted by molar-refractivity contribution is 0.0964. The molecule has 200 valence electrons. The van der Waals surface area contributed by atoms with E-state index in [1.165, 1.54) is 26.3 Å². The molecule has 0 aliphatic heterocycles. The number of anilines is 3. The van der Waals surface area contributed by atoms with Gasteiger partial charge in [-0.05, 0) is 42.5 Å². The number of hydrogen-bond acceptors (Lipinski definition) is 7. The van der Waals surface area contributed by atoms with Crippen molar-refractivity contribution >= 4 is 44.0 Å². The summed E-state index contributed by atoms with van der Waals surface area (Å²) < 4.78 is 64.3. The molecular weight excluding hydrogens is 520 g/mol. The third kappa shape index (κ3) is 5.41. The van der Waals surface area contributed by atoms with Gasteiger partial charge in [-0.15, -0.1) is 0 Å². The highest BCUT2D eigenvalue weighted by molar-refractivity contribution is 7.92. The van der Waals surface area contributed by atoms with Gasteiger partial charge in [0.2, 0.25) is 10.0 Å². The molecule has 0 aliphatic rings. The highest BCUT2D eigenvalue weighted by atomic mass is 32.2. The Labute approximate surface area is 217 Å². The molecule has 0 bridgehead atoms. The molecule has 9 nitrogen and oxygen atoms in total. The van der Waals surface area contributed by atoms with Crippen LogP contribution in [0.3, 0.4) is 0 Å². The number of furan rings is 1. The molecule has 38 heavy (non-hydrogen) atoms. The number of methoxy groups -OCH3 is 1. The number of amides is 1. The molecule has 3 aromatic carbocycles. The van der Waals surface area contributed by atoms with E-state index in [2.05, 4.69) is 10.6 Å². The molecule has 1 heterocycles. The molecule has 0 radical (unpaired) electrons. The quantitative estimate of drug-likeness (QED) is 0.288. The van der Waals surface area contributed by atoms with Crippen LogP contribution in [0.2, 0.25) is 0 Å². The normalized spacial score (nSPS) is 11.4. The summed E-state index contributed by atoms with van der Waals surface area (Å²) in [5, 5.41) is 15.3. The zero-order valence-corrected chi connectivity index (χ0v) is 21.5. The molecule has 1 aromatic heterocycles. The lowest BCUT2D eigenvalue weighted by Crippen LogP contribution is -2.32. The summed E-state index contributed by atoms with van der Waals surface area (Å²) in [5.74, 6) is -1.50. The number of ether oxygens (including phenoxy) is 1. The highest BCUT2D eigenvalue weighted by Gasteiger charge is 2.27. The van der Waals surface area contributed by atoms with Crippen LogP contribution in [0.1, 0.15) is 10.4 Å². The predicted octanol–water partition coefficient (Wildman–Crippen LogP) is 4.25. The maximum absolute atomic E-state index is 13.5. The Morgan fingerprint density at radius 1 is 1.05 bits per heavy atom. The topological polar surface area (TPSA) is 121 Å². The monoisotopic (exact) mass is 545 g/mol. The van der Waals surface area contributed by atoms with Crippen LogP contribution < -0.4 is 19.7 Å². The van der Waals surface area contributed by atoms with Gasteiger partial charge >= 0.3 is 0 Å². The summed E-state index contributed by atoms with van der Waals surface area (Å²) >= 11 is 0. The average Bonchev–Trinajstić information content (AvgIpc) is 3.23. The van der Waals surface area contributed by atoms with E-state index in [4.69, 9.17) is 9.15 Å². The number of benzene rings is 3. The molecule has 0 saturated heterocycles. The molecule has 0 spiro atoms. The number of sulfonamides is 1. The van der Waals surface area contributed by atoms with Crippen molar-refractivity contribution in [1.82, 2.24) is 5.32 Å². The van der Waals surface area contributed by atoms with Crippen LogP contribution in [0, 0.1) is 11.6 Å². The van der Waals surface area contributed by atoms with Crippen molar-refractivity contribution in [1.29, 1.82) is 0 Å². The largest absolute Gasteiger partial charge is 0.495 e. The number of aliphatic hydroxyl groups is 1. The van der Waals surface area contributed by atoms with Crippen LogP contribution in [-0.2, 0) is 10.0 Å². The van der Waals surface area contributed by atoms with Gasteiger partial charge < -0.3 is 24.9 Å². The van der Waals surface area contributed by atoms with Gasteiger partial charge in [0.1, 0.15) is 28.7 Å². The fraction of sp³-hybridized carbons (Fsp3) is 0.192. The third-order valence-electron chi connectivity index (χ3n) is 5.71. The van der Waals surface area contributed by atoms with Gasteiger partial charge in [-0.3, -0.25) is 9.10 Å². The van der Waals surface area contributed by atoms with Crippen molar-refractivity contribution in [2.24, 2.45) is 0 Å². The van der Waals surface area contributed by atoms with Crippen LogP contribution >= 0.6 is 0 Å². The molecule has 0 fully saturated rings. The number of fused-ring (bicyclic) bond motifs is 1. The van der Waals surface area contributed by atoms with Crippen LogP contribution in [0.25, 0.3) is 22.3 Å². The summed E-state index contributed by atoms with van der Waals surface area (Å²) in [5.41, 5.74) is 1.84. The van der Waals surface area contributed by atoms with E-state index in [0.29, 0.717) is 16.6 Å². The van der Waals surface area contributed by atoms with E-state index in [0.717, 1.165) is 28.8 Å². The van der Waals surface area contributed by atoms with E-state index >= 15 is 0 Å². The van der Waals surface area contributed by atoms with E-state index in [1.807, 2.05) is 0 Å². The Hall–Kier alpha value is -4.16. The number of nitrogens with one attached hydrogen (secondary N) is 2. The molecule has 4 aromatic rings. The second-order valence-electron chi connectivity index (χ2n) is 8.32. The standard InChI is InChI=1S/C26H25F2N3O6S/c1-29-26(33)24-20-13-23(36-2)21(31(8-9-32)38(3,34)35)14-22(20)37-25(24)15-4-6-18(7-5-15)30-19-11-16(27)10-17(28)12-19/h4-7,10-14,30,32H,8-9H2,1-3H3,(H,29,33). The Bertz CT molecular complexity index is 1580. The average molecular weight is 546 g/mol. The van der Waals surface area contributed by atoms with Crippen molar-refractivity contribution in [3.05, 3.63) is 71.8 Å². The van der Waals surface area contributed by atoms with E-state index in [-0.39, 0.29) is 40.6 Å². The van der Waals surface area contributed by atoms with Crippen molar-refractivity contribution in [3.8, 4) is 17.1 Å². The van der Waals surface area contributed by atoms with Crippen molar-refractivity contribution in [2.45, 2.75) is 0 Å². The number of aliphatic hydroxyl groups excluding tert-OH is 1. The van der Waals surface area contributed by atoms with Gasteiger partial charge in [-0.25, -0.2) is 17.2 Å². The summed E-state index contributed by atoms with van der Waals surface area (Å²) in [7, 11) is -0.947. The van der Waals surface area contributed by atoms with Gasteiger partial charge in [0.05, 0.1) is 37.8 Å². The first-order chi connectivity index (χ1) is 18.0. The van der Waals surface area contributed by atoms with Gasteiger partial charge in [-0.1, -0.05) is 0 Å². The van der Waals surface area contributed by atoms with Crippen LogP contribution in [0.15, 0.2) is 59.0 Å². The molecule has 12 heteroatoms. The van der Waals surface area contributed by atoms with E-state index < -0.39 is 34.2 Å². The summed E-state index contributed by atoms with van der Waals surface area (Å²) in [6, 6.07) is 12.7.